The number of sulfonamides is 1. The Morgan fingerprint density at radius 3 is 2.78 bits per heavy atom. The molecule has 2 rings (SSSR count). The molecular weight excluding hydrogens is 252 g/mol. The van der Waals surface area contributed by atoms with Crippen LogP contribution in [-0.4, -0.2) is 38.8 Å². The molecule has 100 valence electrons. The number of benzene rings is 1. The van der Waals surface area contributed by atoms with Crippen molar-refractivity contribution in [3.63, 3.8) is 0 Å². The molecule has 6 heteroatoms. The van der Waals surface area contributed by atoms with Gasteiger partial charge >= 0.3 is 0 Å². The predicted molar refractivity (Wildman–Crippen MR) is 68.8 cm³/mol. The van der Waals surface area contributed by atoms with Gasteiger partial charge in [0.15, 0.2) is 0 Å². The first kappa shape index (κ1) is 13.5. The minimum absolute atomic E-state index is 0.274. The van der Waals surface area contributed by atoms with Gasteiger partial charge in [0.25, 0.3) is 0 Å². The summed E-state index contributed by atoms with van der Waals surface area (Å²) in [6.45, 7) is 2.88. The van der Waals surface area contributed by atoms with Gasteiger partial charge in [-0.15, -0.1) is 0 Å². The fraction of sp³-hybridized carbons (Fsp3) is 0.500. The summed E-state index contributed by atoms with van der Waals surface area (Å²) in [4.78, 5) is 0.274. The minimum Gasteiger partial charge on any atom is -0.390 e. The van der Waals surface area contributed by atoms with Gasteiger partial charge in [0, 0.05) is 6.54 Å². The molecule has 1 heterocycles. The first-order valence-electron chi connectivity index (χ1n) is 5.97. The van der Waals surface area contributed by atoms with Crippen LogP contribution in [0.3, 0.4) is 0 Å². The third kappa shape index (κ3) is 2.89. The molecule has 18 heavy (non-hydrogen) atoms. The van der Waals surface area contributed by atoms with Crippen LogP contribution in [-0.2, 0) is 10.0 Å². The van der Waals surface area contributed by atoms with E-state index < -0.39 is 22.2 Å². The maximum Gasteiger partial charge on any atom is 0.241 e. The van der Waals surface area contributed by atoms with E-state index in [0.717, 1.165) is 0 Å². The fourth-order valence-electron chi connectivity index (χ4n) is 2.10. The van der Waals surface area contributed by atoms with Crippen molar-refractivity contribution >= 4 is 10.0 Å². The average molecular weight is 270 g/mol. The van der Waals surface area contributed by atoms with E-state index in [4.69, 9.17) is 0 Å². The number of aryl methyl sites for hydroxylation is 1. The number of rotatable bonds is 3. The molecule has 0 bridgehead atoms. The molecule has 1 aromatic rings. The number of nitrogens with one attached hydrogen (secondary N) is 2. The van der Waals surface area contributed by atoms with E-state index in [2.05, 4.69) is 10.0 Å². The standard InChI is InChI=1S/C12H18N2O3S/c1-9-4-2-3-5-12(9)18(16,17)14-10-6-7-13-8-11(10)15/h2-5,10-11,13-15H,6-8H2,1H3/t10-,11-/m1/s1. The lowest BCUT2D eigenvalue weighted by Gasteiger charge is -2.29. The maximum absolute atomic E-state index is 12.2. The second kappa shape index (κ2) is 5.36. The number of aliphatic hydroxyl groups excluding tert-OH is 1. The van der Waals surface area contributed by atoms with Gasteiger partial charge in [-0.25, -0.2) is 13.1 Å². The molecule has 1 saturated heterocycles. The molecule has 2 atom stereocenters. The van der Waals surface area contributed by atoms with E-state index in [-0.39, 0.29) is 4.90 Å². The van der Waals surface area contributed by atoms with Crippen molar-refractivity contribution in [3.8, 4) is 0 Å². The zero-order chi connectivity index (χ0) is 13.2. The summed E-state index contributed by atoms with van der Waals surface area (Å²) in [6.07, 6.45) is -0.0933. The van der Waals surface area contributed by atoms with Gasteiger partial charge in [0.05, 0.1) is 17.0 Å². The van der Waals surface area contributed by atoms with E-state index >= 15 is 0 Å². The van der Waals surface area contributed by atoms with Crippen molar-refractivity contribution in [2.24, 2.45) is 0 Å². The number of piperidine rings is 1. The smallest absolute Gasteiger partial charge is 0.241 e. The topological polar surface area (TPSA) is 78.4 Å². The Kier molecular flexibility index (Phi) is 4.01. The van der Waals surface area contributed by atoms with Crippen molar-refractivity contribution in [3.05, 3.63) is 29.8 Å². The molecule has 0 aromatic heterocycles. The van der Waals surface area contributed by atoms with Crippen LogP contribution in [0.15, 0.2) is 29.2 Å². The number of hydrogen-bond acceptors (Lipinski definition) is 4. The van der Waals surface area contributed by atoms with Gasteiger partial charge in [-0.3, -0.25) is 0 Å². The molecule has 0 radical (unpaired) electrons. The van der Waals surface area contributed by atoms with Crippen molar-refractivity contribution in [2.75, 3.05) is 13.1 Å². The highest BCUT2D eigenvalue weighted by Gasteiger charge is 2.28. The Morgan fingerprint density at radius 2 is 2.11 bits per heavy atom. The lowest BCUT2D eigenvalue weighted by Crippen LogP contribution is -2.52. The second-order valence-electron chi connectivity index (χ2n) is 4.55. The van der Waals surface area contributed by atoms with Gasteiger partial charge in [0.1, 0.15) is 0 Å². The van der Waals surface area contributed by atoms with E-state index in [1.54, 1.807) is 31.2 Å². The highest BCUT2D eigenvalue weighted by Crippen LogP contribution is 2.16. The van der Waals surface area contributed by atoms with Crippen LogP contribution in [0.2, 0.25) is 0 Å². The summed E-state index contributed by atoms with van der Waals surface area (Å²) in [6, 6.07) is 6.41. The Morgan fingerprint density at radius 1 is 1.39 bits per heavy atom. The van der Waals surface area contributed by atoms with Crippen LogP contribution >= 0.6 is 0 Å². The van der Waals surface area contributed by atoms with E-state index in [9.17, 15) is 13.5 Å². The van der Waals surface area contributed by atoms with E-state index in [1.165, 1.54) is 0 Å². The summed E-state index contributed by atoms with van der Waals surface area (Å²) in [5.74, 6) is 0. The zero-order valence-corrected chi connectivity index (χ0v) is 11.1. The number of β-amino-alcohol motifs (C(OH)–C–C–N with tert-alkyl or cyclic N) is 1. The normalized spacial score (nSPS) is 25.0. The Bertz CT molecular complexity index is 516. The summed E-state index contributed by atoms with van der Waals surface area (Å²) < 4.78 is 27.0. The van der Waals surface area contributed by atoms with Crippen LogP contribution in [0, 0.1) is 6.92 Å². The molecule has 0 spiro atoms. The van der Waals surface area contributed by atoms with Crippen molar-refractivity contribution < 1.29 is 13.5 Å². The molecule has 1 fully saturated rings. The largest absolute Gasteiger partial charge is 0.390 e. The van der Waals surface area contributed by atoms with E-state index in [1.807, 2.05) is 0 Å². The lowest BCUT2D eigenvalue weighted by molar-refractivity contribution is 0.113. The maximum atomic E-state index is 12.2. The number of aliphatic hydroxyl groups is 1. The average Bonchev–Trinajstić information content (AvgIpc) is 2.32. The molecule has 1 aliphatic heterocycles. The van der Waals surface area contributed by atoms with Crippen molar-refractivity contribution in [1.82, 2.24) is 10.0 Å². The molecule has 0 aliphatic carbocycles. The highest BCUT2D eigenvalue weighted by molar-refractivity contribution is 7.89. The molecule has 1 aliphatic rings. The quantitative estimate of drug-likeness (QED) is 0.722. The van der Waals surface area contributed by atoms with Crippen molar-refractivity contribution in [2.45, 2.75) is 30.4 Å². The molecule has 0 saturated carbocycles. The first-order valence-corrected chi connectivity index (χ1v) is 7.46. The van der Waals surface area contributed by atoms with Crippen molar-refractivity contribution in [1.29, 1.82) is 0 Å². The Hall–Kier alpha value is -0.950. The summed E-state index contributed by atoms with van der Waals surface area (Å²) in [7, 11) is -3.56. The fourth-order valence-corrected chi connectivity index (χ4v) is 3.65. The summed E-state index contributed by atoms with van der Waals surface area (Å²) >= 11 is 0. The minimum atomic E-state index is -3.56. The van der Waals surface area contributed by atoms with Crippen LogP contribution in [0.25, 0.3) is 0 Å². The van der Waals surface area contributed by atoms with Gasteiger partial charge in [-0.1, -0.05) is 18.2 Å². The van der Waals surface area contributed by atoms with Crippen LogP contribution in [0.5, 0.6) is 0 Å². The molecule has 0 unspecified atom stereocenters. The third-order valence-corrected chi connectivity index (χ3v) is 4.79. The Labute approximate surface area is 107 Å². The predicted octanol–water partition coefficient (Wildman–Crippen LogP) is -0.00388. The van der Waals surface area contributed by atoms with E-state index in [0.29, 0.717) is 25.1 Å². The molecule has 5 nitrogen and oxygen atoms in total. The van der Waals surface area contributed by atoms with Gasteiger partial charge in [-0.2, -0.15) is 0 Å². The first-order chi connectivity index (χ1) is 8.50. The molecular formula is C12H18N2O3S. The Balaban J connectivity index is 2.19. The number of hydrogen-bond donors (Lipinski definition) is 3. The van der Waals surface area contributed by atoms with Gasteiger partial charge < -0.3 is 10.4 Å². The third-order valence-electron chi connectivity index (χ3n) is 3.14. The van der Waals surface area contributed by atoms with Gasteiger partial charge in [-0.05, 0) is 31.5 Å². The highest BCUT2D eigenvalue weighted by atomic mass is 32.2. The van der Waals surface area contributed by atoms with Crippen LogP contribution in [0.4, 0.5) is 0 Å². The summed E-state index contributed by atoms with van der Waals surface area (Å²) in [5.41, 5.74) is 0.702. The monoisotopic (exact) mass is 270 g/mol. The summed E-state index contributed by atoms with van der Waals surface area (Å²) in [5, 5.41) is 12.8. The SMILES string of the molecule is Cc1ccccc1S(=O)(=O)N[C@@H]1CCNC[C@H]1O. The second-order valence-corrected chi connectivity index (χ2v) is 6.24. The zero-order valence-electron chi connectivity index (χ0n) is 10.3. The molecule has 1 aromatic carbocycles. The lowest BCUT2D eigenvalue weighted by atomic mass is 10.1. The molecule has 0 amide bonds. The van der Waals surface area contributed by atoms with Crippen LogP contribution < -0.4 is 10.0 Å². The van der Waals surface area contributed by atoms with Gasteiger partial charge in [0.2, 0.25) is 10.0 Å². The molecule has 3 N–H and O–H groups in total. The van der Waals surface area contributed by atoms with Crippen LogP contribution in [0.1, 0.15) is 12.0 Å².